The van der Waals surface area contributed by atoms with Crippen LogP contribution in [0.25, 0.3) is 11.3 Å². The smallest absolute Gasteiger partial charge is 0.228 e. The second-order valence-corrected chi connectivity index (χ2v) is 6.79. The molecule has 1 saturated heterocycles. The van der Waals surface area contributed by atoms with Gasteiger partial charge in [0.05, 0.1) is 31.0 Å². The molecule has 7 heteroatoms. The van der Waals surface area contributed by atoms with Gasteiger partial charge in [-0.15, -0.1) is 0 Å². The summed E-state index contributed by atoms with van der Waals surface area (Å²) in [5.74, 6) is 2.03. The maximum absolute atomic E-state index is 6.26. The van der Waals surface area contributed by atoms with Crippen LogP contribution in [0.1, 0.15) is 0 Å². The first kappa shape index (κ1) is 18.5. The van der Waals surface area contributed by atoms with E-state index in [0.29, 0.717) is 35.8 Å². The summed E-state index contributed by atoms with van der Waals surface area (Å²) in [6, 6.07) is 17.6. The van der Waals surface area contributed by atoms with Gasteiger partial charge in [-0.3, -0.25) is 0 Å². The molecular weight excluding hydrogens is 376 g/mol. The molecule has 2 aromatic carbocycles. The molecule has 1 aliphatic heterocycles. The van der Waals surface area contributed by atoms with Crippen LogP contribution < -0.4 is 15.0 Å². The van der Waals surface area contributed by atoms with Crippen molar-refractivity contribution >= 4 is 29.1 Å². The number of hydrogen-bond acceptors (Lipinski definition) is 6. The number of morpholine rings is 1. The van der Waals surface area contributed by atoms with Crippen LogP contribution >= 0.6 is 11.6 Å². The van der Waals surface area contributed by atoms with E-state index in [4.69, 9.17) is 31.0 Å². The van der Waals surface area contributed by atoms with Crippen molar-refractivity contribution in [1.29, 1.82) is 0 Å². The summed E-state index contributed by atoms with van der Waals surface area (Å²) in [6.45, 7) is 2.89. The summed E-state index contributed by atoms with van der Waals surface area (Å²) in [5.41, 5.74) is 2.73. The molecule has 0 radical (unpaired) electrons. The molecule has 1 aliphatic rings. The molecule has 0 bridgehead atoms. The zero-order valence-corrected chi connectivity index (χ0v) is 16.3. The Balaban J connectivity index is 1.70. The summed E-state index contributed by atoms with van der Waals surface area (Å²) in [5, 5.41) is 3.88. The highest BCUT2D eigenvalue weighted by molar-refractivity contribution is 6.32. The van der Waals surface area contributed by atoms with E-state index in [-0.39, 0.29) is 0 Å². The van der Waals surface area contributed by atoms with E-state index < -0.39 is 0 Å². The van der Waals surface area contributed by atoms with Crippen molar-refractivity contribution in [2.24, 2.45) is 0 Å². The molecule has 144 valence electrons. The first-order valence-electron chi connectivity index (χ1n) is 9.11. The minimum Gasteiger partial charge on any atom is -0.495 e. The number of benzene rings is 2. The molecule has 6 nitrogen and oxygen atoms in total. The quantitative estimate of drug-likeness (QED) is 0.690. The number of hydrogen-bond donors (Lipinski definition) is 1. The number of anilines is 3. The predicted octanol–water partition coefficient (Wildman–Crippen LogP) is 4.39. The van der Waals surface area contributed by atoms with E-state index in [1.165, 1.54) is 0 Å². The van der Waals surface area contributed by atoms with Gasteiger partial charge in [-0.2, -0.15) is 4.98 Å². The third-order valence-corrected chi connectivity index (χ3v) is 4.80. The molecule has 1 aromatic heterocycles. The van der Waals surface area contributed by atoms with Gasteiger partial charge in [0.15, 0.2) is 0 Å². The predicted molar refractivity (Wildman–Crippen MR) is 112 cm³/mol. The van der Waals surface area contributed by atoms with Gasteiger partial charge in [-0.1, -0.05) is 41.9 Å². The van der Waals surface area contributed by atoms with Gasteiger partial charge in [0, 0.05) is 30.4 Å². The number of methoxy groups -OCH3 is 1. The molecule has 2 heterocycles. The van der Waals surface area contributed by atoms with Gasteiger partial charge >= 0.3 is 0 Å². The van der Waals surface area contributed by atoms with Crippen molar-refractivity contribution in [2.75, 3.05) is 43.6 Å². The number of halogens is 1. The number of rotatable bonds is 5. The fourth-order valence-corrected chi connectivity index (χ4v) is 3.31. The van der Waals surface area contributed by atoms with Gasteiger partial charge < -0.3 is 19.7 Å². The van der Waals surface area contributed by atoms with Gasteiger partial charge in [-0.25, -0.2) is 4.98 Å². The Labute approximate surface area is 169 Å². The third-order valence-electron chi connectivity index (χ3n) is 4.50. The maximum Gasteiger partial charge on any atom is 0.228 e. The number of aromatic nitrogens is 2. The minimum absolute atomic E-state index is 0.540. The van der Waals surface area contributed by atoms with Crippen molar-refractivity contribution < 1.29 is 9.47 Å². The summed E-state index contributed by atoms with van der Waals surface area (Å²) in [7, 11) is 1.60. The van der Waals surface area contributed by atoms with Crippen molar-refractivity contribution in [3.63, 3.8) is 0 Å². The van der Waals surface area contributed by atoms with E-state index >= 15 is 0 Å². The van der Waals surface area contributed by atoms with Crippen molar-refractivity contribution in [1.82, 2.24) is 9.97 Å². The van der Waals surface area contributed by atoms with Gasteiger partial charge in [0.2, 0.25) is 5.95 Å². The van der Waals surface area contributed by atoms with Crippen molar-refractivity contribution in [3.05, 3.63) is 59.6 Å². The van der Waals surface area contributed by atoms with Crippen LogP contribution in [-0.4, -0.2) is 43.4 Å². The van der Waals surface area contributed by atoms with E-state index in [0.717, 1.165) is 30.0 Å². The average Bonchev–Trinajstić information content (AvgIpc) is 2.75. The zero-order chi connectivity index (χ0) is 19.3. The molecular formula is C21H21ClN4O2. The Kier molecular flexibility index (Phi) is 5.60. The second-order valence-electron chi connectivity index (χ2n) is 6.38. The third kappa shape index (κ3) is 4.18. The Morgan fingerprint density at radius 1 is 1.04 bits per heavy atom. The van der Waals surface area contributed by atoms with E-state index in [9.17, 15) is 0 Å². The van der Waals surface area contributed by atoms with Crippen LogP contribution in [0, 0.1) is 0 Å². The first-order valence-corrected chi connectivity index (χ1v) is 9.48. The highest BCUT2D eigenvalue weighted by Crippen LogP contribution is 2.30. The summed E-state index contributed by atoms with van der Waals surface area (Å²) in [6.07, 6.45) is 0. The van der Waals surface area contributed by atoms with Crippen LogP contribution in [0.3, 0.4) is 0 Å². The summed E-state index contributed by atoms with van der Waals surface area (Å²) in [4.78, 5) is 11.7. The largest absolute Gasteiger partial charge is 0.495 e. The standard InChI is InChI=1S/C21H21ClN4O2/c1-27-19-8-7-16(13-17(19)22)23-20-14-18(15-5-3-2-4-6-15)24-21(25-20)26-9-11-28-12-10-26/h2-8,13-14H,9-12H2,1H3,(H,23,24,25). The number of nitrogens with zero attached hydrogens (tertiary/aromatic N) is 3. The van der Waals surface area contributed by atoms with Gasteiger partial charge in [-0.05, 0) is 18.2 Å². The average molecular weight is 397 g/mol. The lowest BCUT2D eigenvalue weighted by molar-refractivity contribution is 0.122. The molecule has 0 spiro atoms. The summed E-state index contributed by atoms with van der Waals surface area (Å²) < 4.78 is 10.7. The Morgan fingerprint density at radius 3 is 2.54 bits per heavy atom. The van der Waals surface area contributed by atoms with Crippen LogP contribution in [0.15, 0.2) is 54.6 Å². The van der Waals surface area contributed by atoms with Crippen molar-refractivity contribution in [2.45, 2.75) is 0 Å². The van der Waals surface area contributed by atoms with E-state index in [2.05, 4.69) is 10.2 Å². The van der Waals surface area contributed by atoms with Crippen LogP contribution in [0.2, 0.25) is 5.02 Å². The lowest BCUT2D eigenvalue weighted by atomic mass is 10.1. The SMILES string of the molecule is COc1ccc(Nc2cc(-c3ccccc3)nc(N3CCOCC3)n2)cc1Cl. The molecule has 28 heavy (non-hydrogen) atoms. The molecule has 0 amide bonds. The van der Waals surface area contributed by atoms with Gasteiger partial charge in [0.25, 0.3) is 0 Å². The van der Waals surface area contributed by atoms with Crippen LogP contribution in [0.5, 0.6) is 5.75 Å². The number of nitrogens with one attached hydrogen (secondary N) is 1. The maximum atomic E-state index is 6.26. The Bertz CT molecular complexity index is 946. The zero-order valence-electron chi connectivity index (χ0n) is 15.6. The van der Waals surface area contributed by atoms with Gasteiger partial charge in [0.1, 0.15) is 11.6 Å². The highest BCUT2D eigenvalue weighted by atomic mass is 35.5. The monoisotopic (exact) mass is 396 g/mol. The lowest BCUT2D eigenvalue weighted by Gasteiger charge is -2.27. The van der Waals surface area contributed by atoms with E-state index in [1.54, 1.807) is 7.11 Å². The Morgan fingerprint density at radius 2 is 1.82 bits per heavy atom. The van der Waals surface area contributed by atoms with Crippen LogP contribution in [0.4, 0.5) is 17.5 Å². The molecule has 0 atom stereocenters. The molecule has 4 rings (SSSR count). The molecule has 0 unspecified atom stereocenters. The molecule has 1 N–H and O–H groups in total. The molecule has 1 fully saturated rings. The van der Waals surface area contributed by atoms with Crippen molar-refractivity contribution in [3.8, 4) is 17.0 Å². The fraction of sp³-hybridized carbons (Fsp3) is 0.238. The normalized spacial score (nSPS) is 14.0. The highest BCUT2D eigenvalue weighted by Gasteiger charge is 2.16. The first-order chi connectivity index (χ1) is 13.7. The minimum atomic E-state index is 0.540. The lowest BCUT2D eigenvalue weighted by Crippen LogP contribution is -2.37. The molecule has 3 aromatic rings. The fourth-order valence-electron chi connectivity index (χ4n) is 3.05. The number of ether oxygens (including phenoxy) is 2. The second kappa shape index (κ2) is 8.46. The topological polar surface area (TPSA) is 59.5 Å². The Hall–Kier alpha value is -2.83. The van der Waals surface area contributed by atoms with Crippen LogP contribution in [-0.2, 0) is 4.74 Å². The van der Waals surface area contributed by atoms with E-state index in [1.807, 2.05) is 54.6 Å². The molecule has 0 saturated carbocycles. The molecule has 0 aliphatic carbocycles. The summed E-state index contributed by atoms with van der Waals surface area (Å²) >= 11 is 6.26.